The molecule has 0 aliphatic heterocycles. The molecule has 132 valence electrons. The van der Waals surface area contributed by atoms with Crippen LogP contribution >= 0.6 is 27.3 Å². The van der Waals surface area contributed by atoms with Gasteiger partial charge in [-0.2, -0.15) is 0 Å². The van der Waals surface area contributed by atoms with Gasteiger partial charge in [-0.05, 0) is 36.8 Å². The summed E-state index contributed by atoms with van der Waals surface area (Å²) in [6, 6.07) is 9.81. The fourth-order valence-corrected chi connectivity index (χ4v) is 3.76. The van der Waals surface area contributed by atoms with Gasteiger partial charge in [0.2, 0.25) is 5.95 Å². The van der Waals surface area contributed by atoms with Crippen molar-refractivity contribution in [2.75, 3.05) is 32.1 Å². The first-order chi connectivity index (χ1) is 12.0. The topological polar surface area (TPSA) is 70.4 Å². The second kappa shape index (κ2) is 7.55. The van der Waals surface area contributed by atoms with Crippen molar-refractivity contribution in [2.45, 2.75) is 6.42 Å². The van der Waals surface area contributed by atoms with Crippen molar-refractivity contribution in [1.29, 1.82) is 0 Å². The fraction of sp³-hybridized carbons (Fsp3) is 0.294. The molecule has 0 atom stereocenters. The van der Waals surface area contributed by atoms with E-state index in [0.717, 1.165) is 26.5 Å². The normalized spacial score (nSPS) is 11.0. The van der Waals surface area contributed by atoms with Crippen LogP contribution in [0.25, 0.3) is 16.0 Å². The standard InChI is InChI=1S/C17H19BrN4O2S/c1-21(2)17-20-13-10-14(15(24)19-8-3-9-23)25-16(13)22(17)12-6-4-11(18)5-7-12/h4-7,10,23H,3,8-9H2,1-2H3,(H,19,24). The number of fused-ring (bicyclic) bond motifs is 1. The van der Waals surface area contributed by atoms with E-state index in [0.29, 0.717) is 17.8 Å². The van der Waals surface area contributed by atoms with Crippen LogP contribution in [-0.4, -0.2) is 47.8 Å². The minimum atomic E-state index is -0.134. The summed E-state index contributed by atoms with van der Waals surface area (Å²) in [5.41, 5.74) is 1.78. The summed E-state index contributed by atoms with van der Waals surface area (Å²) in [6.45, 7) is 0.523. The van der Waals surface area contributed by atoms with Gasteiger partial charge in [0.15, 0.2) is 0 Å². The number of nitrogens with zero attached hydrogens (tertiary/aromatic N) is 3. The summed E-state index contributed by atoms with van der Waals surface area (Å²) < 4.78 is 3.06. The molecular formula is C17H19BrN4O2S. The monoisotopic (exact) mass is 422 g/mol. The van der Waals surface area contributed by atoms with E-state index < -0.39 is 0 Å². The Morgan fingerprint density at radius 3 is 2.72 bits per heavy atom. The zero-order valence-electron chi connectivity index (χ0n) is 14.0. The van der Waals surface area contributed by atoms with Gasteiger partial charge in [-0.3, -0.25) is 9.36 Å². The van der Waals surface area contributed by atoms with Gasteiger partial charge >= 0.3 is 0 Å². The summed E-state index contributed by atoms with van der Waals surface area (Å²) in [6.07, 6.45) is 0.546. The van der Waals surface area contributed by atoms with E-state index in [1.54, 1.807) is 0 Å². The van der Waals surface area contributed by atoms with Crippen LogP contribution in [0.3, 0.4) is 0 Å². The van der Waals surface area contributed by atoms with Gasteiger partial charge in [0.1, 0.15) is 10.3 Å². The first kappa shape index (κ1) is 17.9. The Morgan fingerprint density at radius 2 is 2.08 bits per heavy atom. The Kier molecular flexibility index (Phi) is 5.41. The highest BCUT2D eigenvalue weighted by Gasteiger charge is 2.19. The van der Waals surface area contributed by atoms with Crippen molar-refractivity contribution in [3.8, 4) is 5.69 Å². The molecule has 0 aliphatic rings. The van der Waals surface area contributed by atoms with Crippen LogP contribution in [0.15, 0.2) is 34.8 Å². The molecule has 0 saturated carbocycles. The van der Waals surface area contributed by atoms with Crippen molar-refractivity contribution < 1.29 is 9.90 Å². The van der Waals surface area contributed by atoms with Crippen LogP contribution in [0.4, 0.5) is 5.95 Å². The van der Waals surface area contributed by atoms with Gasteiger partial charge in [-0.25, -0.2) is 4.98 Å². The van der Waals surface area contributed by atoms with Gasteiger partial charge in [-0.1, -0.05) is 15.9 Å². The Hall–Kier alpha value is -1.90. The van der Waals surface area contributed by atoms with Gasteiger partial charge in [0.25, 0.3) is 5.91 Å². The summed E-state index contributed by atoms with van der Waals surface area (Å²) in [7, 11) is 3.90. The number of rotatable bonds is 6. The summed E-state index contributed by atoms with van der Waals surface area (Å²) in [4.78, 5) is 20.4. The zero-order valence-corrected chi connectivity index (χ0v) is 16.4. The van der Waals surface area contributed by atoms with E-state index in [9.17, 15) is 4.79 Å². The molecule has 0 bridgehead atoms. The van der Waals surface area contributed by atoms with E-state index >= 15 is 0 Å². The number of benzene rings is 1. The molecule has 1 amide bonds. The maximum atomic E-state index is 12.3. The number of thiophene rings is 1. The van der Waals surface area contributed by atoms with Crippen LogP contribution in [0, 0.1) is 0 Å². The number of aliphatic hydroxyl groups is 1. The third kappa shape index (κ3) is 3.70. The van der Waals surface area contributed by atoms with E-state index in [1.165, 1.54) is 11.3 Å². The molecule has 0 unspecified atom stereocenters. The molecular weight excluding hydrogens is 404 g/mol. The predicted octanol–water partition coefficient (Wildman–Crippen LogP) is 3.03. The number of imidazole rings is 1. The number of aromatic nitrogens is 2. The zero-order chi connectivity index (χ0) is 18.0. The number of carbonyl (C=O) groups excluding carboxylic acids is 1. The number of anilines is 1. The summed E-state index contributed by atoms with van der Waals surface area (Å²) in [5, 5.41) is 11.6. The van der Waals surface area contributed by atoms with Crippen molar-refractivity contribution >= 4 is 49.5 Å². The van der Waals surface area contributed by atoms with E-state index in [-0.39, 0.29) is 12.5 Å². The maximum absolute atomic E-state index is 12.3. The maximum Gasteiger partial charge on any atom is 0.261 e. The minimum Gasteiger partial charge on any atom is -0.396 e. The Labute approximate surface area is 158 Å². The summed E-state index contributed by atoms with van der Waals surface area (Å²) in [5.74, 6) is 0.682. The van der Waals surface area contributed by atoms with Gasteiger partial charge in [-0.15, -0.1) is 11.3 Å². The number of aliphatic hydroxyl groups excluding tert-OH is 1. The molecule has 2 aromatic heterocycles. The second-order valence-corrected chi connectivity index (χ2v) is 7.70. The quantitative estimate of drug-likeness (QED) is 0.598. The number of carbonyl (C=O) groups is 1. The molecule has 2 N–H and O–H groups in total. The average Bonchev–Trinajstić information content (AvgIpc) is 3.14. The van der Waals surface area contributed by atoms with Crippen molar-refractivity contribution in [3.63, 3.8) is 0 Å². The predicted molar refractivity (Wildman–Crippen MR) is 105 cm³/mol. The first-order valence-electron chi connectivity index (χ1n) is 7.86. The number of hydrogen-bond donors (Lipinski definition) is 2. The smallest absolute Gasteiger partial charge is 0.261 e. The molecule has 3 rings (SSSR count). The van der Waals surface area contributed by atoms with Crippen LogP contribution < -0.4 is 10.2 Å². The highest BCUT2D eigenvalue weighted by atomic mass is 79.9. The molecule has 6 nitrogen and oxygen atoms in total. The molecule has 0 saturated heterocycles. The number of halogens is 1. The lowest BCUT2D eigenvalue weighted by molar-refractivity contribution is 0.0955. The Balaban J connectivity index is 2.02. The highest BCUT2D eigenvalue weighted by molar-refractivity contribution is 9.10. The third-order valence-electron chi connectivity index (χ3n) is 3.65. The fourth-order valence-electron chi connectivity index (χ4n) is 2.46. The molecule has 2 heterocycles. The van der Waals surface area contributed by atoms with E-state index in [4.69, 9.17) is 5.11 Å². The molecule has 0 aliphatic carbocycles. The lowest BCUT2D eigenvalue weighted by Gasteiger charge is -2.14. The average molecular weight is 423 g/mol. The minimum absolute atomic E-state index is 0.0645. The van der Waals surface area contributed by atoms with Crippen molar-refractivity contribution in [1.82, 2.24) is 14.9 Å². The summed E-state index contributed by atoms with van der Waals surface area (Å²) >= 11 is 4.87. The molecule has 25 heavy (non-hydrogen) atoms. The SMILES string of the molecule is CN(C)c1nc2cc(C(=O)NCCCO)sc2n1-c1ccc(Br)cc1. The van der Waals surface area contributed by atoms with Gasteiger partial charge < -0.3 is 15.3 Å². The molecule has 0 fully saturated rings. The Bertz CT molecular complexity index is 886. The third-order valence-corrected chi connectivity index (χ3v) is 5.28. The van der Waals surface area contributed by atoms with Crippen LogP contribution in [0.2, 0.25) is 0 Å². The molecule has 0 radical (unpaired) electrons. The number of hydrogen-bond acceptors (Lipinski definition) is 5. The van der Waals surface area contributed by atoms with Crippen LogP contribution in [0.5, 0.6) is 0 Å². The van der Waals surface area contributed by atoms with E-state index in [1.807, 2.05) is 49.3 Å². The first-order valence-corrected chi connectivity index (χ1v) is 9.47. The number of amides is 1. The highest BCUT2D eigenvalue weighted by Crippen LogP contribution is 2.33. The van der Waals surface area contributed by atoms with Crippen molar-refractivity contribution in [3.05, 3.63) is 39.7 Å². The lowest BCUT2D eigenvalue weighted by atomic mass is 10.3. The van der Waals surface area contributed by atoms with Crippen LogP contribution in [-0.2, 0) is 0 Å². The second-order valence-electron chi connectivity index (χ2n) is 5.75. The van der Waals surface area contributed by atoms with Gasteiger partial charge in [0, 0.05) is 37.4 Å². The van der Waals surface area contributed by atoms with Crippen LogP contribution in [0.1, 0.15) is 16.1 Å². The van der Waals surface area contributed by atoms with E-state index in [2.05, 4.69) is 30.8 Å². The Morgan fingerprint density at radius 1 is 1.36 bits per heavy atom. The molecule has 0 spiro atoms. The molecule has 8 heteroatoms. The number of nitrogens with one attached hydrogen (secondary N) is 1. The molecule has 1 aromatic carbocycles. The van der Waals surface area contributed by atoms with Crippen molar-refractivity contribution in [2.24, 2.45) is 0 Å². The molecule has 3 aromatic rings. The lowest BCUT2D eigenvalue weighted by Crippen LogP contribution is -2.24. The largest absolute Gasteiger partial charge is 0.396 e. The van der Waals surface area contributed by atoms with Gasteiger partial charge in [0.05, 0.1) is 4.88 Å².